The van der Waals surface area contributed by atoms with Crippen LogP contribution in [0, 0.1) is 17.8 Å². The highest BCUT2D eigenvalue weighted by Gasteiger charge is 2.79. The summed E-state index contributed by atoms with van der Waals surface area (Å²) in [6.07, 6.45) is 8.75. The summed E-state index contributed by atoms with van der Waals surface area (Å²) in [4.78, 5) is 47.8. The summed E-state index contributed by atoms with van der Waals surface area (Å²) >= 11 is 0. The highest BCUT2D eigenvalue weighted by Crippen LogP contribution is 2.65. The van der Waals surface area contributed by atoms with Crippen molar-refractivity contribution in [2.75, 3.05) is 33.3 Å². The third-order valence-electron chi connectivity index (χ3n) is 9.44. The quantitative estimate of drug-likeness (QED) is 0.258. The Balaban J connectivity index is 2.15. The Labute approximate surface area is 229 Å². The fourth-order valence-corrected chi connectivity index (χ4v) is 7.18. The van der Waals surface area contributed by atoms with Gasteiger partial charge in [0.25, 0.3) is 0 Å². The van der Waals surface area contributed by atoms with Gasteiger partial charge >= 0.3 is 0 Å². The van der Waals surface area contributed by atoms with Gasteiger partial charge in [-0.1, -0.05) is 59.1 Å². The van der Waals surface area contributed by atoms with Crippen LogP contribution in [0.25, 0.3) is 0 Å². The van der Waals surface area contributed by atoms with Gasteiger partial charge in [-0.3, -0.25) is 14.4 Å². The molecule has 3 aliphatic heterocycles. The van der Waals surface area contributed by atoms with Crippen LogP contribution >= 0.6 is 0 Å². The van der Waals surface area contributed by atoms with Crippen molar-refractivity contribution in [3.8, 4) is 0 Å². The lowest BCUT2D eigenvalue weighted by Crippen LogP contribution is -2.60. The fraction of sp³-hybridized carbons (Fsp3) is 0.767. The molecule has 7 atom stereocenters. The third-order valence-corrected chi connectivity index (χ3v) is 9.44. The maximum Gasteiger partial charge on any atom is 0.248 e. The normalized spacial score (nSPS) is 31.2. The number of hydrogen-bond acceptors (Lipinski definition) is 5. The number of amides is 3. The first-order valence-electron chi connectivity index (χ1n) is 14.5. The molecule has 2 bridgehead atoms. The molecule has 0 saturated carbocycles. The first-order valence-corrected chi connectivity index (χ1v) is 14.5. The Hall–Kier alpha value is -2.19. The number of carbonyl (C=O) groups excluding carboxylic acids is 3. The summed E-state index contributed by atoms with van der Waals surface area (Å²) in [5.74, 6) is -2.02. The summed E-state index contributed by atoms with van der Waals surface area (Å²) in [7, 11) is 1.72. The topological polar surface area (TPSA) is 90.4 Å². The first-order chi connectivity index (χ1) is 18.1. The van der Waals surface area contributed by atoms with Crippen molar-refractivity contribution in [1.29, 1.82) is 0 Å². The van der Waals surface area contributed by atoms with Gasteiger partial charge in [-0.05, 0) is 31.6 Å². The van der Waals surface area contributed by atoms with Gasteiger partial charge in [-0.25, -0.2) is 0 Å². The van der Waals surface area contributed by atoms with E-state index in [2.05, 4.69) is 20.1 Å². The van der Waals surface area contributed by atoms with Gasteiger partial charge in [0.05, 0.1) is 30.1 Å². The van der Waals surface area contributed by atoms with E-state index >= 15 is 0 Å². The zero-order valence-corrected chi connectivity index (χ0v) is 24.2. The van der Waals surface area contributed by atoms with Crippen molar-refractivity contribution in [2.45, 2.75) is 95.9 Å². The standard InChI is InChI=1S/C30H49N3O5/c1-8-13-14-19-32(18-10-3)28(37)25-30-16-15-29(12-5,38-30)23(26(35)31(7)17-9-2)24(30)27(36)33(25)22(20-34)21(6)11-4/h9-10,21-25,34H,2-3,8,11-20H2,1,4-7H3/t21-,22-,23+,24-,25?,29-,30?/m0/s1. The van der Waals surface area contributed by atoms with Crippen LogP contribution in [0.5, 0.6) is 0 Å². The van der Waals surface area contributed by atoms with E-state index in [-0.39, 0.29) is 30.2 Å². The van der Waals surface area contributed by atoms with Crippen LogP contribution in [-0.2, 0) is 19.1 Å². The van der Waals surface area contributed by atoms with Crippen LogP contribution in [0.4, 0.5) is 0 Å². The molecule has 0 aromatic carbocycles. The predicted molar refractivity (Wildman–Crippen MR) is 148 cm³/mol. The van der Waals surface area contributed by atoms with Crippen molar-refractivity contribution in [3.05, 3.63) is 25.3 Å². The summed E-state index contributed by atoms with van der Waals surface area (Å²) in [6, 6.07) is -1.42. The number of likely N-dealkylation sites (N-methyl/N-ethyl adjacent to an activating group) is 1. The van der Waals surface area contributed by atoms with Crippen LogP contribution in [0.3, 0.4) is 0 Å². The number of aliphatic hydroxyl groups is 1. The van der Waals surface area contributed by atoms with E-state index in [1.165, 1.54) is 0 Å². The molecule has 2 unspecified atom stereocenters. The molecule has 38 heavy (non-hydrogen) atoms. The number of rotatable bonds is 15. The molecule has 214 valence electrons. The lowest BCUT2D eigenvalue weighted by Gasteiger charge is -2.41. The Morgan fingerprint density at radius 3 is 2.39 bits per heavy atom. The average molecular weight is 532 g/mol. The number of likely N-dealkylation sites (tertiary alicyclic amines) is 1. The molecule has 3 heterocycles. The molecule has 3 aliphatic rings. The van der Waals surface area contributed by atoms with E-state index in [1.807, 2.05) is 20.8 Å². The summed E-state index contributed by atoms with van der Waals surface area (Å²) in [6.45, 7) is 16.8. The molecule has 3 rings (SSSR count). The van der Waals surface area contributed by atoms with E-state index in [0.29, 0.717) is 38.9 Å². The maximum absolute atomic E-state index is 14.5. The molecule has 3 saturated heterocycles. The SMILES string of the molecule is C=CCN(C)C(=O)[C@H]1[C@H]2C(=O)N([C@@H](CO)[C@@H](C)CC)C(C(=O)N(CC=C)CCCCC)C23CC[C@]1(CC)O3. The molecule has 8 nitrogen and oxygen atoms in total. The molecule has 1 N–H and O–H groups in total. The molecule has 3 amide bonds. The number of fused-ring (bicyclic) bond motifs is 1. The van der Waals surface area contributed by atoms with Gasteiger partial charge in [0.15, 0.2) is 0 Å². The number of unbranched alkanes of at least 4 members (excludes halogenated alkanes) is 2. The highest BCUT2D eigenvalue weighted by atomic mass is 16.5. The average Bonchev–Trinajstić information content (AvgIpc) is 3.52. The monoisotopic (exact) mass is 531 g/mol. The van der Waals surface area contributed by atoms with E-state index in [0.717, 1.165) is 25.7 Å². The van der Waals surface area contributed by atoms with Crippen LogP contribution in [-0.4, -0.2) is 94.1 Å². The number of aliphatic hydroxyl groups excluding tert-OH is 1. The van der Waals surface area contributed by atoms with Gasteiger partial charge in [0.2, 0.25) is 17.7 Å². The Morgan fingerprint density at radius 1 is 1.16 bits per heavy atom. The second-order valence-electron chi connectivity index (χ2n) is 11.5. The third kappa shape index (κ3) is 4.83. The lowest BCUT2D eigenvalue weighted by atomic mass is 9.64. The Kier molecular flexibility index (Phi) is 9.85. The van der Waals surface area contributed by atoms with Gasteiger partial charge in [0.1, 0.15) is 11.6 Å². The van der Waals surface area contributed by atoms with Crippen molar-refractivity contribution < 1.29 is 24.2 Å². The van der Waals surface area contributed by atoms with Crippen molar-refractivity contribution in [1.82, 2.24) is 14.7 Å². The molecule has 0 aromatic rings. The van der Waals surface area contributed by atoms with E-state index < -0.39 is 35.1 Å². The largest absolute Gasteiger partial charge is 0.394 e. The summed E-state index contributed by atoms with van der Waals surface area (Å²) in [5.41, 5.74) is -1.88. The van der Waals surface area contributed by atoms with Crippen LogP contribution in [0.2, 0.25) is 0 Å². The fourth-order valence-electron chi connectivity index (χ4n) is 7.18. The van der Waals surface area contributed by atoms with Gasteiger partial charge in [0, 0.05) is 26.7 Å². The van der Waals surface area contributed by atoms with Crippen molar-refractivity contribution in [2.24, 2.45) is 17.8 Å². The van der Waals surface area contributed by atoms with Crippen LogP contribution < -0.4 is 0 Å². The molecule has 8 heteroatoms. The minimum absolute atomic E-state index is 0.0302. The smallest absolute Gasteiger partial charge is 0.248 e. The number of ether oxygens (including phenoxy) is 1. The molecule has 0 aromatic heterocycles. The highest BCUT2D eigenvalue weighted by molar-refractivity contribution is 5.99. The van der Waals surface area contributed by atoms with Crippen molar-refractivity contribution in [3.63, 3.8) is 0 Å². The van der Waals surface area contributed by atoms with E-state index in [4.69, 9.17) is 4.74 Å². The molecule has 0 radical (unpaired) electrons. The molecule has 0 aliphatic carbocycles. The molecular weight excluding hydrogens is 482 g/mol. The van der Waals surface area contributed by atoms with Gasteiger partial charge < -0.3 is 24.5 Å². The first kappa shape index (κ1) is 30.4. The zero-order chi connectivity index (χ0) is 28.3. The Morgan fingerprint density at radius 2 is 1.84 bits per heavy atom. The molecular formula is C30H49N3O5. The van der Waals surface area contributed by atoms with Crippen LogP contribution in [0.15, 0.2) is 25.3 Å². The Bertz CT molecular complexity index is 908. The predicted octanol–water partition coefficient (Wildman–Crippen LogP) is 3.40. The molecule has 3 fully saturated rings. The van der Waals surface area contributed by atoms with Gasteiger partial charge in [-0.15, -0.1) is 13.2 Å². The van der Waals surface area contributed by atoms with Gasteiger partial charge in [-0.2, -0.15) is 0 Å². The minimum Gasteiger partial charge on any atom is -0.394 e. The summed E-state index contributed by atoms with van der Waals surface area (Å²) < 4.78 is 6.89. The number of nitrogens with zero attached hydrogens (tertiary/aromatic N) is 3. The van der Waals surface area contributed by atoms with E-state index in [1.54, 1.807) is 33.9 Å². The second kappa shape index (κ2) is 12.3. The molecule has 1 spiro atoms. The van der Waals surface area contributed by atoms with Crippen LogP contribution in [0.1, 0.15) is 72.6 Å². The zero-order valence-electron chi connectivity index (χ0n) is 24.2. The maximum atomic E-state index is 14.5. The minimum atomic E-state index is -1.09. The number of hydrogen-bond donors (Lipinski definition) is 1. The summed E-state index contributed by atoms with van der Waals surface area (Å²) in [5, 5.41) is 10.5. The van der Waals surface area contributed by atoms with Crippen molar-refractivity contribution >= 4 is 17.7 Å². The second-order valence-corrected chi connectivity index (χ2v) is 11.5. The number of carbonyl (C=O) groups is 3. The lowest BCUT2D eigenvalue weighted by molar-refractivity contribution is -0.158. The van der Waals surface area contributed by atoms with E-state index in [9.17, 15) is 19.5 Å².